The third-order valence-corrected chi connectivity index (χ3v) is 8.25. The van der Waals surface area contributed by atoms with Crippen molar-refractivity contribution in [3.63, 3.8) is 0 Å². The fourth-order valence-corrected chi connectivity index (χ4v) is 5.82. The maximum Gasteiger partial charge on any atom is 0.317 e. The summed E-state index contributed by atoms with van der Waals surface area (Å²) in [7, 11) is 0. The van der Waals surface area contributed by atoms with E-state index in [2.05, 4.69) is 52.0 Å². The molecule has 6 N–H and O–H groups in total. The van der Waals surface area contributed by atoms with E-state index in [0.29, 0.717) is 57.3 Å². The van der Waals surface area contributed by atoms with Crippen molar-refractivity contribution < 1.29 is 14.7 Å². The highest BCUT2D eigenvalue weighted by Gasteiger charge is 2.23. The molecule has 2 fully saturated rings. The Balaban J connectivity index is 1.08. The van der Waals surface area contributed by atoms with Crippen LogP contribution in [-0.4, -0.2) is 110 Å². The van der Waals surface area contributed by atoms with E-state index < -0.39 is 5.97 Å². The number of piperidine rings is 1. The Morgan fingerprint density at radius 1 is 0.933 bits per heavy atom. The third-order valence-electron chi connectivity index (χ3n) is 8.25. The normalized spacial score (nSPS) is 16.2. The Morgan fingerprint density at radius 2 is 1.71 bits per heavy atom. The van der Waals surface area contributed by atoms with Crippen molar-refractivity contribution in [3.05, 3.63) is 17.6 Å². The molecule has 4 rings (SSSR count). The van der Waals surface area contributed by atoms with Crippen LogP contribution < -0.4 is 26.6 Å². The zero-order valence-corrected chi connectivity index (χ0v) is 26.8. The molecule has 1 amide bonds. The lowest BCUT2D eigenvalue weighted by molar-refractivity contribution is -0.136. The number of amides is 1. The van der Waals surface area contributed by atoms with Gasteiger partial charge in [-0.1, -0.05) is 19.3 Å². The largest absolute Gasteiger partial charge is 0.480 e. The van der Waals surface area contributed by atoms with Crippen LogP contribution in [0.3, 0.4) is 0 Å². The number of carbonyl (C=O) groups excluding carboxylic acids is 1. The van der Waals surface area contributed by atoms with Crippen molar-refractivity contribution in [2.75, 3.05) is 56.4 Å². The van der Waals surface area contributed by atoms with Crippen LogP contribution in [0.15, 0.2) is 6.07 Å². The van der Waals surface area contributed by atoms with Crippen molar-refractivity contribution in [2.24, 2.45) is 0 Å². The summed E-state index contributed by atoms with van der Waals surface area (Å²) >= 11 is 0. The number of carbonyl (C=O) groups is 2. The summed E-state index contributed by atoms with van der Waals surface area (Å²) < 4.78 is 0. The highest BCUT2D eigenvalue weighted by Crippen LogP contribution is 2.19. The van der Waals surface area contributed by atoms with Crippen molar-refractivity contribution in [1.29, 1.82) is 0 Å². The fourth-order valence-electron chi connectivity index (χ4n) is 5.82. The van der Waals surface area contributed by atoms with Crippen LogP contribution in [0.2, 0.25) is 0 Å². The van der Waals surface area contributed by atoms with Crippen LogP contribution >= 0.6 is 0 Å². The second-order valence-electron chi connectivity index (χ2n) is 12.1. The summed E-state index contributed by atoms with van der Waals surface area (Å²) in [5.41, 5.74) is 0.841. The average Bonchev–Trinajstić information content (AvgIpc) is 3.49. The van der Waals surface area contributed by atoms with Gasteiger partial charge >= 0.3 is 5.97 Å². The van der Waals surface area contributed by atoms with Crippen LogP contribution in [0.1, 0.15) is 82.1 Å². The number of hydrogen-bond acceptors (Lipinski definition) is 12. The summed E-state index contributed by atoms with van der Waals surface area (Å²) in [6.45, 7) is 7.85. The number of aliphatic carboxylic acids is 1. The predicted molar refractivity (Wildman–Crippen MR) is 172 cm³/mol. The zero-order valence-electron chi connectivity index (χ0n) is 26.8. The lowest BCUT2D eigenvalue weighted by Gasteiger charge is -2.32. The molecule has 1 aliphatic carbocycles. The Kier molecular flexibility index (Phi) is 14.7. The molecule has 0 unspecified atom stereocenters. The first-order valence-electron chi connectivity index (χ1n) is 16.7. The summed E-state index contributed by atoms with van der Waals surface area (Å²) in [6, 6.07) is 2.86. The van der Waals surface area contributed by atoms with E-state index >= 15 is 0 Å². The zero-order chi connectivity index (χ0) is 31.7. The Hall–Kier alpha value is -3.43. The molecule has 1 saturated carbocycles. The van der Waals surface area contributed by atoms with Gasteiger partial charge in [-0.05, 0) is 83.3 Å². The maximum absolute atomic E-state index is 12.5. The molecule has 0 aromatic carbocycles. The monoisotopic (exact) mass is 628 g/mol. The van der Waals surface area contributed by atoms with Gasteiger partial charge in [0.25, 0.3) is 0 Å². The average molecular weight is 629 g/mol. The number of aryl methyl sites for hydroxylation is 2. The Labute approximate surface area is 266 Å². The van der Waals surface area contributed by atoms with Gasteiger partial charge in [-0.25, -0.2) is 4.98 Å². The smallest absolute Gasteiger partial charge is 0.317 e. The van der Waals surface area contributed by atoms with Gasteiger partial charge in [-0.3, -0.25) is 9.59 Å². The molecule has 1 aliphatic heterocycles. The van der Waals surface area contributed by atoms with Crippen molar-refractivity contribution in [2.45, 2.75) is 103 Å². The van der Waals surface area contributed by atoms with E-state index in [4.69, 9.17) is 5.11 Å². The molecule has 3 heterocycles. The van der Waals surface area contributed by atoms with Gasteiger partial charge in [-0.15, -0.1) is 10.2 Å². The number of likely N-dealkylation sites (tertiary alicyclic amines) is 1. The summed E-state index contributed by atoms with van der Waals surface area (Å²) in [4.78, 5) is 35.7. The molecular formula is C30H52N12O3. The Bertz CT molecular complexity index is 1160. The number of anilines is 2. The molecule has 2 aromatic rings. The van der Waals surface area contributed by atoms with Gasteiger partial charge < -0.3 is 36.6 Å². The van der Waals surface area contributed by atoms with Crippen molar-refractivity contribution >= 4 is 23.6 Å². The van der Waals surface area contributed by atoms with E-state index in [1.807, 2.05) is 17.9 Å². The molecule has 1 saturated heterocycles. The van der Waals surface area contributed by atoms with Crippen LogP contribution in [-0.2, 0) is 22.7 Å². The number of carboxylic acids is 1. The first-order valence-corrected chi connectivity index (χ1v) is 16.7. The molecule has 15 heteroatoms. The second kappa shape index (κ2) is 19.2. The minimum absolute atomic E-state index is 0.0829. The minimum Gasteiger partial charge on any atom is -0.480 e. The minimum atomic E-state index is -0.892. The summed E-state index contributed by atoms with van der Waals surface area (Å²) in [5.74, 6) is 1.06. The lowest BCUT2D eigenvalue weighted by atomic mass is 9.95. The first kappa shape index (κ1) is 34.4. The highest BCUT2D eigenvalue weighted by atomic mass is 16.4. The van der Waals surface area contributed by atoms with Crippen LogP contribution in [0.5, 0.6) is 0 Å². The highest BCUT2D eigenvalue weighted by molar-refractivity contribution is 5.76. The van der Waals surface area contributed by atoms with Crippen molar-refractivity contribution in [3.8, 4) is 0 Å². The van der Waals surface area contributed by atoms with Gasteiger partial charge in [0.2, 0.25) is 11.9 Å². The molecule has 0 bridgehead atoms. The summed E-state index contributed by atoms with van der Waals surface area (Å²) in [6.07, 6.45) is 11.6. The number of tetrazole rings is 1. The van der Waals surface area contributed by atoms with E-state index in [9.17, 15) is 9.59 Å². The number of rotatable bonds is 20. The standard InChI is InChI=1S/C30H52N12O3/c1-23-20-26(36-25-11-18-41(19-12-25)28(43)10-5-13-32-22-29(44)45)37-30(35-23)34-21-27-38-40-42(39-27)17-7-15-31-14-6-16-33-24-8-3-2-4-9-24/h20,24-25,31-33H,2-19,21-22H2,1H3,(H,44,45)(H2,34,35,36,37). The molecule has 0 radical (unpaired) electrons. The van der Waals surface area contributed by atoms with Gasteiger partial charge in [-0.2, -0.15) is 9.78 Å². The first-order chi connectivity index (χ1) is 21.9. The molecule has 0 spiro atoms. The number of nitrogens with one attached hydrogen (secondary N) is 5. The predicted octanol–water partition coefficient (Wildman–Crippen LogP) is 1.53. The van der Waals surface area contributed by atoms with E-state index in [1.54, 1.807) is 4.80 Å². The Morgan fingerprint density at radius 3 is 2.51 bits per heavy atom. The number of hydrogen-bond donors (Lipinski definition) is 6. The lowest BCUT2D eigenvalue weighted by Crippen LogP contribution is -2.42. The van der Waals surface area contributed by atoms with Crippen LogP contribution in [0.4, 0.5) is 11.8 Å². The molecular weight excluding hydrogens is 576 g/mol. The second-order valence-corrected chi connectivity index (χ2v) is 12.1. The van der Waals surface area contributed by atoms with Gasteiger partial charge in [0.05, 0.1) is 19.6 Å². The van der Waals surface area contributed by atoms with Gasteiger partial charge in [0.15, 0.2) is 5.82 Å². The quantitative estimate of drug-likeness (QED) is 0.116. The topological polar surface area (TPSA) is 187 Å². The summed E-state index contributed by atoms with van der Waals surface area (Å²) in [5, 5.41) is 38.2. The van der Waals surface area contributed by atoms with Crippen LogP contribution in [0.25, 0.3) is 0 Å². The van der Waals surface area contributed by atoms with Crippen molar-refractivity contribution in [1.82, 2.24) is 51.0 Å². The number of carboxylic acid groups (broad SMARTS) is 1. The van der Waals surface area contributed by atoms with E-state index in [0.717, 1.165) is 62.9 Å². The fraction of sp³-hybridized carbons (Fsp3) is 0.767. The number of aromatic nitrogens is 6. The van der Waals surface area contributed by atoms with Gasteiger partial charge in [0, 0.05) is 43.4 Å². The molecule has 45 heavy (non-hydrogen) atoms. The van der Waals surface area contributed by atoms with E-state index in [1.165, 1.54) is 32.1 Å². The van der Waals surface area contributed by atoms with Crippen LogP contribution in [0, 0.1) is 6.92 Å². The SMILES string of the molecule is Cc1cc(NC2CCN(C(=O)CCCNCC(=O)O)CC2)nc(NCc2nnn(CCCNCCCNC3CCCCC3)n2)n1. The number of nitrogens with zero attached hydrogens (tertiary/aromatic N) is 7. The third kappa shape index (κ3) is 13.2. The molecule has 0 atom stereocenters. The molecule has 15 nitrogen and oxygen atoms in total. The maximum atomic E-state index is 12.5. The molecule has 2 aromatic heterocycles. The van der Waals surface area contributed by atoms with E-state index in [-0.39, 0.29) is 18.5 Å². The molecule has 250 valence electrons. The molecule has 2 aliphatic rings. The van der Waals surface area contributed by atoms with Gasteiger partial charge in [0.1, 0.15) is 5.82 Å².